The van der Waals surface area contributed by atoms with Gasteiger partial charge in [0, 0.05) is 5.69 Å². The van der Waals surface area contributed by atoms with E-state index in [2.05, 4.69) is 15.6 Å². The molecule has 4 rings (SSSR count). The molecule has 0 saturated heterocycles. The first kappa shape index (κ1) is 16.1. The Balaban J connectivity index is 1.50. The topological polar surface area (TPSA) is 85.2 Å². The predicted octanol–water partition coefficient (Wildman–Crippen LogP) is 2.96. The van der Waals surface area contributed by atoms with Gasteiger partial charge in [-0.3, -0.25) is 19.5 Å². The van der Waals surface area contributed by atoms with Crippen molar-refractivity contribution in [2.75, 3.05) is 17.2 Å². The standard InChI is InChI=1S/C19H18N4O3/c1-2-26-13-9-7-12(8-10-13)20-17(24)11-16-18(25)22-19-21-14-5-3-4-6-15(14)23(16)19/h3-10,16H,2,11H2,1H3,(H,20,24)(H,21,22,25). The lowest BCUT2D eigenvalue weighted by Crippen LogP contribution is -2.23. The summed E-state index contributed by atoms with van der Waals surface area (Å²) in [4.78, 5) is 29.1. The number of carbonyl (C=O) groups is 2. The van der Waals surface area contributed by atoms with Crippen LogP contribution in [0.15, 0.2) is 48.5 Å². The van der Waals surface area contributed by atoms with Gasteiger partial charge in [-0.05, 0) is 43.3 Å². The zero-order valence-corrected chi connectivity index (χ0v) is 14.2. The van der Waals surface area contributed by atoms with Crippen LogP contribution in [0, 0.1) is 0 Å². The van der Waals surface area contributed by atoms with E-state index in [0.29, 0.717) is 18.2 Å². The van der Waals surface area contributed by atoms with Crippen molar-refractivity contribution >= 4 is 34.5 Å². The quantitative estimate of drug-likeness (QED) is 0.741. The minimum absolute atomic E-state index is 0.0341. The molecule has 0 spiro atoms. The average Bonchev–Trinajstić information content (AvgIpc) is 3.13. The molecular formula is C19H18N4O3. The van der Waals surface area contributed by atoms with E-state index >= 15 is 0 Å². The Morgan fingerprint density at radius 2 is 2.00 bits per heavy atom. The number of nitrogens with one attached hydrogen (secondary N) is 2. The molecule has 3 aromatic rings. The second-order valence-electron chi connectivity index (χ2n) is 6.01. The maximum atomic E-state index is 12.4. The van der Waals surface area contributed by atoms with E-state index in [1.807, 2.05) is 31.2 Å². The summed E-state index contributed by atoms with van der Waals surface area (Å²) < 4.78 is 7.17. The number of ether oxygens (including phenoxy) is 1. The van der Waals surface area contributed by atoms with Crippen LogP contribution in [0.5, 0.6) is 5.75 Å². The first-order valence-electron chi connectivity index (χ1n) is 8.46. The number of benzene rings is 2. The van der Waals surface area contributed by atoms with Gasteiger partial charge in [0.15, 0.2) is 0 Å². The molecule has 1 aliphatic heterocycles. The van der Waals surface area contributed by atoms with E-state index in [1.54, 1.807) is 28.8 Å². The van der Waals surface area contributed by atoms with Crippen molar-refractivity contribution in [3.63, 3.8) is 0 Å². The van der Waals surface area contributed by atoms with Gasteiger partial charge in [0.05, 0.1) is 24.1 Å². The van der Waals surface area contributed by atoms with Gasteiger partial charge in [0.1, 0.15) is 11.8 Å². The highest BCUT2D eigenvalue weighted by Gasteiger charge is 2.34. The molecule has 7 heteroatoms. The number of anilines is 2. The third-order valence-electron chi connectivity index (χ3n) is 4.27. The van der Waals surface area contributed by atoms with Gasteiger partial charge in [0.2, 0.25) is 17.8 Å². The molecule has 26 heavy (non-hydrogen) atoms. The zero-order valence-electron chi connectivity index (χ0n) is 14.2. The fraction of sp³-hybridized carbons (Fsp3) is 0.211. The number of para-hydroxylation sites is 2. The van der Waals surface area contributed by atoms with Crippen LogP contribution in [0.1, 0.15) is 19.4 Å². The molecule has 2 amide bonds. The van der Waals surface area contributed by atoms with Crippen molar-refractivity contribution in [3.05, 3.63) is 48.5 Å². The number of imidazole rings is 1. The Kier molecular flexibility index (Phi) is 4.04. The molecule has 0 bridgehead atoms. The zero-order chi connectivity index (χ0) is 18.1. The predicted molar refractivity (Wildman–Crippen MR) is 98.3 cm³/mol. The molecule has 0 fully saturated rings. The molecule has 2 aromatic carbocycles. The number of aromatic nitrogens is 2. The molecule has 1 atom stereocenters. The van der Waals surface area contributed by atoms with Gasteiger partial charge in [-0.15, -0.1) is 0 Å². The smallest absolute Gasteiger partial charge is 0.250 e. The van der Waals surface area contributed by atoms with E-state index in [1.165, 1.54) is 0 Å². The number of nitrogens with zero attached hydrogens (tertiary/aromatic N) is 2. The summed E-state index contributed by atoms with van der Waals surface area (Å²) in [5.41, 5.74) is 2.28. The summed E-state index contributed by atoms with van der Waals surface area (Å²) in [6.07, 6.45) is 0.0341. The normalized spacial score (nSPS) is 15.6. The average molecular weight is 350 g/mol. The van der Waals surface area contributed by atoms with Crippen molar-refractivity contribution in [2.45, 2.75) is 19.4 Å². The van der Waals surface area contributed by atoms with E-state index in [4.69, 9.17) is 4.74 Å². The molecule has 0 saturated carbocycles. The minimum atomic E-state index is -0.611. The summed E-state index contributed by atoms with van der Waals surface area (Å²) in [6.45, 7) is 2.50. The number of fused-ring (bicyclic) bond motifs is 3. The van der Waals surface area contributed by atoms with Crippen LogP contribution in [0.2, 0.25) is 0 Å². The van der Waals surface area contributed by atoms with E-state index < -0.39 is 6.04 Å². The third-order valence-corrected chi connectivity index (χ3v) is 4.27. The lowest BCUT2D eigenvalue weighted by Gasteiger charge is -2.12. The number of rotatable bonds is 5. The van der Waals surface area contributed by atoms with E-state index in [0.717, 1.165) is 16.8 Å². The van der Waals surface area contributed by atoms with Crippen molar-refractivity contribution in [1.29, 1.82) is 0 Å². The largest absolute Gasteiger partial charge is 0.494 e. The molecule has 7 nitrogen and oxygen atoms in total. The van der Waals surface area contributed by atoms with Crippen LogP contribution < -0.4 is 15.4 Å². The third kappa shape index (κ3) is 2.88. The summed E-state index contributed by atoms with van der Waals surface area (Å²) in [5.74, 6) is 0.769. The fourth-order valence-corrected chi connectivity index (χ4v) is 3.13. The monoisotopic (exact) mass is 350 g/mol. The Labute approximate surface area is 150 Å². The van der Waals surface area contributed by atoms with Crippen molar-refractivity contribution < 1.29 is 14.3 Å². The van der Waals surface area contributed by atoms with Gasteiger partial charge in [-0.2, -0.15) is 0 Å². The van der Waals surface area contributed by atoms with Crippen LogP contribution in [0.25, 0.3) is 11.0 Å². The van der Waals surface area contributed by atoms with E-state index in [9.17, 15) is 9.59 Å². The summed E-state index contributed by atoms with van der Waals surface area (Å²) in [5, 5.41) is 5.57. The SMILES string of the molecule is CCOc1ccc(NC(=O)CC2C(=O)Nc3nc4ccccc4n32)cc1. The molecule has 1 unspecified atom stereocenters. The van der Waals surface area contributed by atoms with Gasteiger partial charge >= 0.3 is 0 Å². The van der Waals surface area contributed by atoms with Crippen LogP contribution in [-0.4, -0.2) is 28.0 Å². The van der Waals surface area contributed by atoms with Crippen molar-refractivity contribution in [3.8, 4) is 5.75 Å². The van der Waals surface area contributed by atoms with Crippen molar-refractivity contribution in [2.24, 2.45) is 0 Å². The Morgan fingerprint density at radius 3 is 2.77 bits per heavy atom. The maximum absolute atomic E-state index is 12.4. The highest BCUT2D eigenvalue weighted by atomic mass is 16.5. The fourth-order valence-electron chi connectivity index (χ4n) is 3.13. The van der Waals surface area contributed by atoms with Gasteiger partial charge in [-0.1, -0.05) is 12.1 Å². The van der Waals surface area contributed by atoms with Crippen LogP contribution in [-0.2, 0) is 9.59 Å². The van der Waals surface area contributed by atoms with Gasteiger partial charge < -0.3 is 10.1 Å². The number of hydrogen-bond donors (Lipinski definition) is 2. The molecule has 0 aliphatic carbocycles. The summed E-state index contributed by atoms with van der Waals surface area (Å²) >= 11 is 0. The van der Waals surface area contributed by atoms with Crippen LogP contribution in [0.3, 0.4) is 0 Å². The Hall–Kier alpha value is -3.35. The first-order chi connectivity index (χ1) is 12.7. The van der Waals surface area contributed by atoms with Crippen LogP contribution in [0.4, 0.5) is 11.6 Å². The first-order valence-corrected chi connectivity index (χ1v) is 8.46. The maximum Gasteiger partial charge on any atom is 0.250 e. The molecule has 1 aliphatic rings. The lowest BCUT2D eigenvalue weighted by atomic mass is 10.1. The Morgan fingerprint density at radius 1 is 1.23 bits per heavy atom. The number of carbonyl (C=O) groups excluding carboxylic acids is 2. The molecular weight excluding hydrogens is 332 g/mol. The highest BCUT2D eigenvalue weighted by Crippen LogP contribution is 2.32. The van der Waals surface area contributed by atoms with Gasteiger partial charge in [-0.25, -0.2) is 4.98 Å². The Bertz CT molecular complexity index is 978. The lowest BCUT2D eigenvalue weighted by molar-refractivity contribution is -0.123. The van der Waals surface area contributed by atoms with Gasteiger partial charge in [0.25, 0.3) is 0 Å². The summed E-state index contributed by atoms with van der Waals surface area (Å²) in [6, 6.07) is 14.1. The molecule has 0 radical (unpaired) electrons. The summed E-state index contributed by atoms with van der Waals surface area (Å²) in [7, 11) is 0. The van der Waals surface area contributed by atoms with E-state index in [-0.39, 0.29) is 18.2 Å². The minimum Gasteiger partial charge on any atom is -0.494 e. The second kappa shape index (κ2) is 6.51. The number of hydrogen-bond acceptors (Lipinski definition) is 4. The van der Waals surface area contributed by atoms with Crippen LogP contribution >= 0.6 is 0 Å². The second-order valence-corrected chi connectivity index (χ2v) is 6.01. The van der Waals surface area contributed by atoms with Crippen molar-refractivity contribution in [1.82, 2.24) is 9.55 Å². The molecule has 2 N–H and O–H groups in total. The number of amides is 2. The molecule has 132 valence electrons. The molecule has 2 heterocycles. The molecule has 1 aromatic heterocycles. The highest BCUT2D eigenvalue weighted by molar-refractivity contribution is 6.03.